The summed E-state index contributed by atoms with van der Waals surface area (Å²) in [5.74, 6) is 1.37. The molecule has 5 heteroatoms. The molecule has 0 fully saturated rings. The lowest BCUT2D eigenvalue weighted by molar-refractivity contribution is -0.131. The van der Waals surface area contributed by atoms with Gasteiger partial charge in [-0.15, -0.1) is 17.9 Å². The zero-order valence-electron chi connectivity index (χ0n) is 13.2. The van der Waals surface area contributed by atoms with Gasteiger partial charge in [0.1, 0.15) is 0 Å². The van der Waals surface area contributed by atoms with E-state index < -0.39 is 0 Å². The fourth-order valence-electron chi connectivity index (χ4n) is 2.15. The van der Waals surface area contributed by atoms with Crippen molar-refractivity contribution in [2.75, 3.05) is 20.3 Å². The first-order valence-electron chi connectivity index (χ1n) is 7.41. The largest absolute Gasteiger partial charge is 0.493 e. The quantitative estimate of drug-likeness (QED) is 0.657. The number of methoxy groups -OCH3 is 1. The molecular weight excluding hydrogens is 310 g/mol. The molecule has 1 aromatic heterocycles. The predicted molar refractivity (Wildman–Crippen MR) is 93.0 cm³/mol. The van der Waals surface area contributed by atoms with E-state index in [9.17, 15) is 4.79 Å². The van der Waals surface area contributed by atoms with Crippen molar-refractivity contribution in [3.8, 4) is 11.5 Å². The number of para-hydroxylation sites is 2. The number of amides is 1. The molecule has 23 heavy (non-hydrogen) atoms. The molecule has 4 nitrogen and oxygen atoms in total. The van der Waals surface area contributed by atoms with Crippen molar-refractivity contribution < 1.29 is 14.3 Å². The van der Waals surface area contributed by atoms with Crippen molar-refractivity contribution in [3.05, 3.63) is 59.3 Å². The first kappa shape index (κ1) is 17.1. The summed E-state index contributed by atoms with van der Waals surface area (Å²) in [6, 6.07) is 11.4. The molecule has 0 unspecified atom stereocenters. The Balaban J connectivity index is 1.87. The molecule has 0 atom stereocenters. The number of carbonyl (C=O) groups excluding carboxylic acids is 1. The molecule has 2 aromatic rings. The van der Waals surface area contributed by atoms with Crippen molar-refractivity contribution in [2.24, 2.45) is 0 Å². The van der Waals surface area contributed by atoms with Crippen molar-refractivity contribution in [3.63, 3.8) is 0 Å². The highest BCUT2D eigenvalue weighted by molar-refractivity contribution is 7.09. The first-order valence-corrected chi connectivity index (χ1v) is 8.29. The fourth-order valence-corrected chi connectivity index (χ4v) is 2.86. The van der Waals surface area contributed by atoms with Crippen LogP contribution < -0.4 is 9.47 Å². The number of carbonyl (C=O) groups is 1. The summed E-state index contributed by atoms with van der Waals surface area (Å²) >= 11 is 1.64. The molecule has 0 N–H and O–H groups in total. The average molecular weight is 331 g/mol. The monoisotopic (exact) mass is 331 g/mol. The molecule has 1 heterocycles. The van der Waals surface area contributed by atoms with E-state index in [0.717, 1.165) is 4.88 Å². The minimum absolute atomic E-state index is 0.0493. The van der Waals surface area contributed by atoms with Crippen molar-refractivity contribution in [1.29, 1.82) is 0 Å². The predicted octanol–water partition coefficient (Wildman–Crippen LogP) is 3.74. The van der Waals surface area contributed by atoms with Crippen molar-refractivity contribution in [1.82, 2.24) is 4.90 Å². The minimum atomic E-state index is 0.0493. The van der Waals surface area contributed by atoms with E-state index >= 15 is 0 Å². The highest BCUT2D eigenvalue weighted by Gasteiger charge is 2.14. The van der Waals surface area contributed by atoms with Gasteiger partial charge < -0.3 is 14.4 Å². The molecule has 122 valence electrons. The fraction of sp³-hybridized carbons (Fsp3) is 0.278. The summed E-state index contributed by atoms with van der Waals surface area (Å²) < 4.78 is 10.9. The summed E-state index contributed by atoms with van der Waals surface area (Å²) in [7, 11) is 1.60. The minimum Gasteiger partial charge on any atom is -0.493 e. The van der Waals surface area contributed by atoms with Crippen LogP contribution in [0.4, 0.5) is 0 Å². The molecule has 0 saturated heterocycles. The third-order valence-electron chi connectivity index (χ3n) is 3.27. The molecule has 1 aromatic carbocycles. The van der Waals surface area contributed by atoms with E-state index in [0.29, 0.717) is 37.6 Å². The van der Waals surface area contributed by atoms with Gasteiger partial charge in [-0.2, -0.15) is 0 Å². The molecule has 0 bridgehead atoms. The van der Waals surface area contributed by atoms with E-state index in [1.165, 1.54) is 0 Å². The van der Waals surface area contributed by atoms with Crippen LogP contribution in [-0.2, 0) is 11.3 Å². The lowest BCUT2D eigenvalue weighted by Gasteiger charge is -2.20. The number of nitrogens with zero attached hydrogens (tertiary/aromatic N) is 1. The van der Waals surface area contributed by atoms with Crippen LogP contribution in [0.1, 0.15) is 11.3 Å². The number of rotatable bonds is 9. The van der Waals surface area contributed by atoms with E-state index in [1.54, 1.807) is 29.4 Å². The zero-order valence-corrected chi connectivity index (χ0v) is 14.1. The second-order valence-electron chi connectivity index (χ2n) is 4.89. The summed E-state index contributed by atoms with van der Waals surface area (Å²) in [6.07, 6.45) is 2.06. The van der Waals surface area contributed by atoms with Crippen LogP contribution in [0.3, 0.4) is 0 Å². The Labute approximate surface area is 141 Å². The van der Waals surface area contributed by atoms with Gasteiger partial charge in [-0.05, 0) is 23.6 Å². The zero-order chi connectivity index (χ0) is 16.5. The maximum atomic E-state index is 12.4. The summed E-state index contributed by atoms with van der Waals surface area (Å²) in [5.41, 5.74) is 0. The number of hydrogen-bond donors (Lipinski definition) is 0. The van der Waals surface area contributed by atoms with Gasteiger partial charge in [0, 0.05) is 11.4 Å². The van der Waals surface area contributed by atoms with Gasteiger partial charge in [0.05, 0.1) is 26.7 Å². The molecule has 1 amide bonds. The second-order valence-corrected chi connectivity index (χ2v) is 5.92. The molecule has 0 radical (unpaired) electrons. The van der Waals surface area contributed by atoms with Crippen LogP contribution in [0, 0.1) is 0 Å². The van der Waals surface area contributed by atoms with Gasteiger partial charge in [-0.1, -0.05) is 24.3 Å². The van der Waals surface area contributed by atoms with Crippen molar-refractivity contribution in [2.45, 2.75) is 13.0 Å². The Kier molecular flexibility index (Phi) is 6.69. The van der Waals surface area contributed by atoms with Gasteiger partial charge in [0.2, 0.25) is 5.91 Å². The van der Waals surface area contributed by atoms with Crippen LogP contribution in [0.25, 0.3) is 0 Å². The van der Waals surface area contributed by atoms with Gasteiger partial charge in [0.25, 0.3) is 0 Å². The van der Waals surface area contributed by atoms with Gasteiger partial charge in [-0.3, -0.25) is 4.79 Å². The first-order chi connectivity index (χ1) is 11.2. The topological polar surface area (TPSA) is 38.8 Å². The van der Waals surface area contributed by atoms with Crippen LogP contribution in [0.2, 0.25) is 0 Å². The molecule has 0 aliphatic heterocycles. The number of benzene rings is 1. The smallest absolute Gasteiger partial charge is 0.226 e. The van der Waals surface area contributed by atoms with Crippen LogP contribution >= 0.6 is 11.3 Å². The molecule has 2 rings (SSSR count). The number of thiophene rings is 1. The van der Waals surface area contributed by atoms with E-state index in [4.69, 9.17) is 9.47 Å². The molecule has 0 aliphatic rings. The molecule has 0 spiro atoms. The SMILES string of the molecule is C=CCN(Cc1cccs1)C(=O)CCOc1ccccc1OC. The average Bonchev–Trinajstić information content (AvgIpc) is 3.08. The Morgan fingerprint density at radius 1 is 1.26 bits per heavy atom. The van der Waals surface area contributed by atoms with Gasteiger partial charge in [-0.25, -0.2) is 0 Å². The maximum Gasteiger partial charge on any atom is 0.226 e. The molecule has 0 aliphatic carbocycles. The number of ether oxygens (including phenoxy) is 2. The van der Waals surface area contributed by atoms with E-state index in [-0.39, 0.29) is 5.91 Å². The Bertz CT molecular complexity index is 625. The summed E-state index contributed by atoms with van der Waals surface area (Å²) in [6.45, 7) is 5.18. The van der Waals surface area contributed by atoms with Crippen LogP contribution in [-0.4, -0.2) is 31.1 Å². The standard InChI is InChI=1S/C18H21NO3S/c1-3-11-19(14-15-7-6-13-23-15)18(20)10-12-22-17-9-5-4-8-16(17)21-2/h3-9,13H,1,10-12,14H2,2H3. The van der Waals surface area contributed by atoms with Gasteiger partial charge >= 0.3 is 0 Å². The normalized spacial score (nSPS) is 10.1. The van der Waals surface area contributed by atoms with Crippen LogP contribution in [0.15, 0.2) is 54.4 Å². The Morgan fingerprint density at radius 3 is 2.70 bits per heavy atom. The highest BCUT2D eigenvalue weighted by atomic mass is 32.1. The Morgan fingerprint density at radius 2 is 2.04 bits per heavy atom. The van der Waals surface area contributed by atoms with Gasteiger partial charge in [0.15, 0.2) is 11.5 Å². The number of hydrogen-bond acceptors (Lipinski definition) is 4. The Hall–Kier alpha value is -2.27. The third-order valence-corrected chi connectivity index (χ3v) is 4.13. The van der Waals surface area contributed by atoms with E-state index in [2.05, 4.69) is 6.58 Å². The van der Waals surface area contributed by atoms with Crippen LogP contribution in [0.5, 0.6) is 11.5 Å². The summed E-state index contributed by atoms with van der Waals surface area (Å²) in [4.78, 5) is 15.3. The van der Waals surface area contributed by atoms with Crippen molar-refractivity contribution >= 4 is 17.2 Å². The van der Waals surface area contributed by atoms with E-state index in [1.807, 2.05) is 41.8 Å². The molecular formula is C18H21NO3S. The lowest BCUT2D eigenvalue weighted by Crippen LogP contribution is -2.31. The lowest BCUT2D eigenvalue weighted by atomic mass is 10.3. The second kappa shape index (κ2) is 9.00. The molecule has 0 saturated carbocycles. The maximum absolute atomic E-state index is 12.4. The third kappa shape index (κ3) is 5.14. The highest BCUT2D eigenvalue weighted by Crippen LogP contribution is 2.25. The summed E-state index contributed by atoms with van der Waals surface area (Å²) in [5, 5.41) is 2.01.